The van der Waals surface area contributed by atoms with E-state index in [2.05, 4.69) is 9.88 Å². The van der Waals surface area contributed by atoms with Crippen molar-refractivity contribution in [1.82, 2.24) is 14.5 Å². The molecule has 4 rings (SSSR count). The van der Waals surface area contributed by atoms with E-state index in [0.29, 0.717) is 30.3 Å². The summed E-state index contributed by atoms with van der Waals surface area (Å²) in [6.45, 7) is 3.24. The van der Waals surface area contributed by atoms with Gasteiger partial charge in [-0.1, -0.05) is 25.0 Å². The third kappa shape index (κ3) is 3.15. The third-order valence-electron chi connectivity index (χ3n) is 6.19. The fourth-order valence-corrected chi connectivity index (χ4v) is 4.79. The largest absolute Gasteiger partial charge is 0.339 e. The molecule has 1 saturated heterocycles. The molecule has 2 heterocycles. The third-order valence-corrected chi connectivity index (χ3v) is 6.19. The Kier molecular flexibility index (Phi) is 4.79. The van der Waals surface area contributed by atoms with E-state index in [9.17, 15) is 9.59 Å². The first-order chi connectivity index (χ1) is 12.6. The highest BCUT2D eigenvalue weighted by molar-refractivity contribution is 5.80. The van der Waals surface area contributed by atoms with Crippen LogP contribution in [0, 0.1) is 12.8 Å². The first kappa shape index (κ1) is 17.3. The standard InChI is InChI=1S/C21H27N3O2/c1-15-6-4-9-17-20(15)22-14-23(21(17)26)13-11-19(25)24-12-5-8-16-7-2-3-10-18(16)24/h4,6,9,14,16,18H,2-3,5,7-8,10-13H2,1H3/t16-,18-/m1/s1. The average Bonchev–Trinajstić information content (AvgIpc) is 2.67. The molecule has 1 aromatic carbocycles. The van der Waals surface area contributed by atoms with Crippen molar-refractivity contribution in [3.05, 3.63) is 40.4 Å². The number of para-hydroxylation sites is 1. The minimum Gasteiger partial charge on any atom is -0.339 e. The van der Waals surface area contributed by atoms with Crippen LogP contribution in [0.2, 0.25) is 0 Å². The molecule has 2 aliphatic rings. The van der Waals surface area contributed by atoms with Gasteiger partial charge in [-0.05, 0) is 50.2 Å². The molecular weight excluding hydrogens is 326 g/mol. The first-order valence-electron chi connectivity index (χ1n) is 9.89. The maximum atomic E-state index is 12.8. The lowest BCUT2D eigenvalue weighted by molar-refractivity contribution is -0.137. The second-order valence-corrected chi connectivity index (χ2v) is 7.81. The molecule has 0 unspecified atom stereocenters. The molecule has 5 nitrogen and oxygen atoms in total. The summed E-state index contributed by atoms with van der Waals surface area (Å²) in [5.74, 6) is 0.882. The Balaban J connectivity index is 1.48. The van der Waals surface area contributed by atoms with Crippen molar-refractivity contribution < 1.29 is 4.79 Å². The molecule has 0 spiro atoms. The summed E-state index contributed by atoms with van der Waals surface area (Å²) in [4.78, 5) is 32.1. The molecule has 1 aromatic heterocycles. The van der Waals surface area contributed by atoms with Crippen molar-refractivity contribution in [2.24, 2.45) is 5.92 Å². The van der Waals surface area contributed by atoms with Gasteiger partial charge in [-0.25, -0.2) is 4.98 Å². The molecule has 1 amide bonds. The predicted molar refractivity (Wildman–Crippen MR) is 102 cm³/mol. The van der Waals surface area contributed by atoms with Gasteiger partial charge < -0.3 is 4.90 Å². The molecule has 1 aliphatic heterocycles. The monoisotopic (exact) mass is 353 g/mol. The van der Waals surface area contributed by atoms with E-state index >= 15 is 0 Å². The van der Waals surface area contributed by atoms with E-state index in [-0.39, 0.29) is 11.5 Å². The van der Waals surface area contributed by atoms with E-state index in [4.69, 9.17) is 0 Å². The Labute approximate surface area is 154 Å². The Bertz CT molecular complexity index is 871. The summed E-state index contributed by atoms with van der Waals surface area (Å²) in [7, 11) is 0. The molecule has 1 aliphatic carbocycles. The predicted octanol–water partition coefficient (Wildman–Crippen LogP) is 3.28. The zero-order chi connectivity index (χ0) is 18.1. The summed E-state index contributed by atoms with van der Waals surface area (Å²) in [5.41, 5.74) is 1.70. The van der Waals surface area contributed by atoms with Crippen LogP contribution in [0.5, 0.6) is 0 Å². The number of likely N-dealkylation sites (tertiary alicyclic amines) is 1. The van der Waals surface area contributed by atoms with Gasteiger partial charge >= 0.3 is 0 Å². The summed E-state index contributed by atoms with van der Waals surface area (Å²) in [5, 5.41) is 0.630. The summed E-state index contributed by atoms with van der Waals surface area (Å²) >= 11 is 0. The molecule has 2 fully saturated rings. The van der Waals surface area contributed by atoms with Crippen LogP contribution in [0.1, 0.15) is 50.5 Å². The maximum Gasteiger partial charge on any atom is 0.261 e. The number of carbonyl (C=O) groups excluding carboxylic acids is 1. The first-order valence-corrected chi connectivity index (χ1v) is 9.89. The number of benzene rings is 1. The van der Waals surface area contributed by atoms with E-state index in [0.717, 1.165) is 30.5 Å². The van der Waals surface area contributed by atoms with Crippen LogP contribution in [-0.4, -0.2) is 32.9 Å². The van der Waals surface area contributed by atoms with Crippen molar-refractivity contribution in [2.75, 3.05) is 6.54 Å². The van der Waals surface area contributed by atoms with Gasteiger partial charge in [0.05, 0.1) is 17.2 Å². The highest BCUT2D eigenvalue weighted by atomic mass is 16.2. The van der Waals surface area contributed by atoms with E-state index in [1.54, 1.807) is 10.9 Å². The van der Waals surface area contributed by atoms with Gasteiger partial charge in [-0.3, -0.25) is 14.2 Å². The van der Waals surface area contributed by atoms with Crippen molar-refractivity contribution >= 4 is 16.8 Å². The fourth-order valence-electron chi connectivity index (χ4n) is 4.79. The maximum absolute atomic E-state index is 12.8. The van der Waals surface area contributed by atoms with Crippen LogP contribution in [0.15, 0.2) is 29.3 Å². The van der Waals surface area contributed by atoms with E-state index in [1.165, 1.54) is 25.7 Å². The van der Waals surface area contributed by atoms with Gasteiger partial charge in [0.25, 0.3) is 5.56 Å². The number of amides is 1. The molecule has 2 atom stereocenters. The zero-order valence-electron chi connectivity index (χ0n) is 15.5. The smallest absolute Gasteiger partial charge is 0.261 e. The Morgan fingerprint density at radius 1 is 1.19 bits per heavy atom. The molecule has 138 valence electrons. The number of hydrogen-bond acceptors (Lipinski definition) is 3. The Morgan fingerprint density at radius 3 is 2.88 bits per heavy atom. The summed E-state index contributed by atoms with van der Waals surface area (Å²) in [6.07, 6.45) is 9.30. The highest BCUT2D eigenvalue weighted by Gasteiger charge is 2.35. The van der Waals surface area contributed by atoms with Crippen molar-refractivity contribution in [3.8, 4) is 0 Å². The molecule has 5 heteroatoms. The lowest BCUT2D eigenvalue weighted by Gasteiger charge is -2.44. The minimum atomic E-state index is -0.0549. The minimum absolute atomic E-state index is 0.0549. The molecule has 0 bridgehead atoms. The highest BCUT2D eigenvalue weighted by Crippen LogP contribution is 2.35. The Morgan fingerprint density at radius 2 is 2.00 bits per heavy atom. The van der Waals surface area contributed by atoms with Crippen LogP contribution >= 0.6 is 0 Å². The van der Waals surface area contributed by atoms with Gasteiger partial charge in [-0.2, -0.15) is 0 Å². The number of piperidine rings is 1. The number of nitrogens with zero attached hydrogens (tertiary/aromatic N) is 3. The van der Waals surface area contributed by atoms with Crippen LogP contribution in [0.25, 0.3) is 10.9 Å². The average molecular weight is 353 g/mol. The number of aryl methyl sites for hydroxylation is 2. The molecule has 0 N–H and O–H groups in total. The number of aromatic nitrogens is 2. The quantitative estimate of drug-likeness (QED) is 0.851. The number of hydrogen-bond donors (Lipinski definition) is 0. The number of fused-ring (bicyclic) bond motifs is 2. The molecule has 2 aromatic rings. The van der Waals surface area contributed by atoms with Gasteiger partial charge in [0.1, 0.15) is 0 Å². The normalized spacial score (nSPS) is 23.0. The van der Waals surface area contributed by atoms with Crippen LogP contribution < -0.4 is 5.56 Å². The second kappa shape index (κ2) is 7.22. The number of rotatable bonds is 3. The topological polar surface area (TPSA) is 55.2 Å². The SMILES string of the molecule is Cc1cccc2c(=O)n(CCC(=O)N3CCC[C@H]4CCCC[C@H]43)cnc12. The Hall–Kier alpha value is -2.17. The lowest BCUT2D eigenvalue weighted by Crippen LogP contribution is -2.49. The molecule has 26 heavy (non-hydrogen) atoms. The van der Waals surface area contributed by atoms with Crippen LogP contribution in [-0.2, 0) is 11.3 Å². The second-order valence-electron chi connectivity index (χ2n) is 7.81. The van der Waals surface area contributed by atoms with Crippen molar-refractivity contribution in [1.29, 1.82) is 0 Å². The molecular formula is C21H27N3O2. The van der Waals surface area contributed by atoms with E-state index < -0.39 is 0 Å². The zero-order valence-corrected chi connectivity index (χ0v) is 15.5. The molecule has 0 radical (unpaired) electrons. The van der Waals surface area contributed by atoms with Crippen molar-refractivity contribution in [3.63, 3.8) is 0 Å². The van der Waals surface area contributed by atoms with Gasteiger partial charge in [0.2, 0.25) is 5.91 Å². The summed E-state index contributed by atoms with van der Waals surface area (Å²) < 4.78 is 1.59. The van der Waals surface area contributed by atoms with Crippen LogP contribution in [0.4, 0.5) is 0 Å². The summed E-state index contributed by atoms with van der Waals surface area (Å²) in [6, 6.07) is 6.08. The van der Waals surface area contributed by atoms with Crippen LogP contribution in [0.3, 0.4) is 0 Å². The van der Waals surface area contributed by atoms with Crippen molar-refractivity contribution in [2.45, 2.75) is 64.5 Å². The van der Waals surface area contributed by atoms with Gasteiger partial charge in [-0.15, -0.1) is 0 Å². The lowest BCUT2D eigenvalue weighted by atomic mass is 9.78. The number of carbonyl (C=O) groups is 1. The van der Waals surface area contributed by atoms with Gasteiger partial charge in [0.15, 0.2) is 0 Å². The fraction of sp³-hybridized carbons (Fsp3) is 0.571. The van der Waals surface area contributed by atoms with E-state index in [1.807, 2.05) is 25.1 Å². The molecule has 1 saturated carbocycles. The van der Waals surface area contributed by atoms with Gasteiger partial charge in [0, 0.05) is 25.6 Å².